The van der Waals surface area contributed by atoms with Crippen molar-refractivity contribution < 1.29 is 9.18 Å². The second kappa shape index (κ2) is 14.6. The molecule has 0 aliphatic carbocycles. The van der Waals surface area contributed by atoms with Gasteiger partial charge in [0.05, 0.1) is 5.02 Å². The summed E-state index contributed by atoms with van der Waals surface area (Å²) in [5.41, 5.74) is 10.3. The molecule has 1 aliphatic heterocycles. The van der Waals surface area contributed by atoms with Crippen LogP contribution in [0.25, 0.3) is 6.08 Å². The molecular weight excluding hydrogens is 411 g/mol. The summed E-state index contributed by atoms with van der Waals surface area (Å²) < 4.78 is 14.1. The highest BCUT2D eigenvalue weighted by molar-refractivity contribution is 6.30. The average Bonchev–Trinajstić information content (AvgIpc) is 2.77. The molecule has 0 saturated heterocycles. The molecule has 0 saturated carbocycles. The number of benzene rings is 1. The number of carbonyl (C=O) groups is 1. The molecule has 3 nitrogen and oxygen atoms in total. The van der Waals surface area contributed by atoms with Gasteiger partial charge in [0.1, 0.15) is 5.82 Å². The third kappa shape index (κ3) is 7.97. The monoisotopic (exact) mass is 446 g/mol. The van der Waals surface area contributed by atoms with Gasteiger partial charge in [-0.25, -0.2) is 4.39 Å². The number of nitrogens with two attached hydrogens (primary N) is 1. The molecule has 1 aliphatic rings. The summed E-state index contributed by atoms with van der Waals surface area (Å²) in [5.74, 6) is -0.447. The van der Waals surface area contributed by atoms with Crippen molar-refractivity contribution in [3.05, 3.63) is 87.6 Å². The van der Waals surface area contributed by atoms with Crippen LogP contribution in [0, 0.1) is 5.82 Å². The van der Waals surface area contributed by atoms with Crippen molar-refractivity contribution in [3.8, 4) is 0 Å². The van der Waals surface area contributed by atoms with Crippen LogP contribution in [-0.2, 0) is 4.79 Å². The standard InChI is InChI=1S/C22H24ClFN2O.2C2H6/c1-14(8-9-18-6-5-7-20(23)22(18)24)21(10-11-25)26-13-15(2)19(17(4)27)12-16(26)3;2*1-2/h5-9,12-13H,3,10-11,25H2,1-2,4H3;2*1-2H3/b9-8+,21-14+;;. The third-order valence-corrected chi connectivity index (χ3v) is 4.66. The van der Waals surface area contributed by atoms with E-state index in [4.69, 9.17) is 17.3 Å². The molecule has 0 bridgehead atoms. The topological polar surface area (TPSA) is 46.3 Å². The number of allylic oxidation sites excluding steroid dienone is 5. The maximum absolute atomic E-state index is 14.1. The van der Waals surface area contributed by atoms with Crippen molar-refractivity contribution >= 4 is 23.5 Å². The van der Waals surface area contributed by atoms with E-state index in [-0.39, 0.29) is 10.8 Å². The van der Waals surface area contributed by atoms with Gasteiger partial charge in [0.15, 0.2) is 5.78 Å². The molecule has 0 atom stereocenters. The van der Waals surface area contributed by atoms with Gasteiger partial charge in [-0.2, -0.15) is 0 Å². The minimum Gasteiger partial charge on any atom is -0.330 e. The van der Waals surface area contributed by atoms with Crippen LogP contribution >= 0.6 is 11.6 Å². The van der Waals surface area contributed by atoms with Crippen LogP contribution in [0.5, 0.6) is 0 Å². The molecule has 1 aromatic carbocycles. The van der Waals surface area contributed by atoms with Crippen molar-refractivity contribution in [1.82, 2.24) is 4.90 Å². The second-order valence-corrected chi connectivity index (χ2v) is 6.84. The highest BCUT2D eigenvalue weighted by Crippen LogP contribution is 2.29. The number of carbonyl (C=O) groups excluding carboxylic acids is 1. The van der Waals surface area contributed by atoms with Crippen LogP contribution < -0.4 is 5.73 Å². The van der Waals surface area contributed by atoms with Gasteiger partial charge in [0, 0.05) is 35.2 Å². The number of nitrogens with zero attached hydrogens (tertiary/aromatic N) is 1. The summed E-state index contributed by atoms with van der Waals surface area (Å²) in [7, 11) is 0. The number of halogens is 2. The molecule has 5 heteroatoms. The number of Topliss-reactive ketones (excluding diaryl/α,β-unsaturated/α-hetero) is 1. The van der Waals surface area contributed by atoms with Crippen LogP contribution in [0.15, 0.2) is 71.2 Å². The van der Waals surface area contributed by atoms with E-state index in [1.54, 1.807) is 24.3 Å². The van der Waals surface area contributed by atoms with Crippen molar-refractivity contribution in [2.75, 3.05) is 6.54 Å². The van der Waals surface area contributed by atoms with Gasteiger partial charge in [0.2, 0.25) is 0 Å². The van der Waals surface area contributed by atoms with Crippen LogP contribution in [-0.4, -0.2) is 17.2 Å². The fourth-order valence-corrected chi connectivity index (χ4v) is 3.11. The van der Waals surface area contributed by atoms with Gasteiger partial charge in [-0.3, -0.25) is 4.79 Å². The first-order chi connectivity index (χ1) is 14.8. The highest BCUT2D eigenvalue weighted by atomic mass is 35.5. The van der Waals surface area contributed by atoms with E-state index in [1.165, 1.54) is 13.0 Å². The number of ketones is 1. The van der Waals surface area contributed by atoms with Gasteiger partial charge in [-0.05, 0) is 50.6 Å². The molecule has 1 heterocycles. The minimum atomic E-state index is -0.448. The fourth-order valence-electron chi connectivity index (χ4n) is 2.93. The zero-order chi connectivity index (χ0) is 24.1. The lowest BCUT2D eigenvalue weighted by Crippen LogP contribution is -2.23. The van der Waals surface area contributed by atoms with Gasteiger partial charge < -0.3 is 10.6 Å². The molecule has 0 radical (unpaired) electrons. The summed E-state index contributed by atoms with van der Waals surface area (Å²) in [6.07, 6.45) is 7.80. The Bertz CT molecular complexity index is 895. The fraction of sp³-hybridized carbons (Fsp3) is 0.346. The van der Waals surface area contributed by atoms with Crippen LogP contribution in [0.1, 0.15) is 60.5 Å². The zero-order valence-electron chi connectivity index (χ0n) is 19.9. The predicted molar refractivity (Wildman–Crippen MR) is 133 cm³/mol. The minimum absolute atomic E-state index is 0.00181. The van der Waals surface area contributed by atoms with Crippen LogP contribution in [0.3, 0.4) is 0 Å². The van der Waals surface area contributed by atoms with Gasteiger partial charge in [0.25, 0.3) is 0 Å². The summed E-state index contributed by atoms with van der Waals surface area (Å²) in [6, 6.07) is 4.89. The van der Waals surface area contributed by atoms with Gasteiger partial charge >= 0.3 is 0 Å². The van der Waals surface area contributed by atoms with E-state index in [9.17, 15) is 9.18 Å². The van der Waals surface area contributed by atoms with Crippen molar-refractivity contribution in [1.29, 1.82) is 0 Å². The largest absolute Gasteiger partial charge is 0.330 e. The van der Waals surface area contributed by atoms with Gasteiger partial charge in [-0.1, -0.05) is 70.2 Å². The Kier molecular flexibility index (Phi) is 13.4. The molecule has 0 amide bonds. The predicted octanol–water partition coefficient (Wildman–Crippen LogP) is 7.42. The average molecular weight is 447 g/mol. The molecular formula is C26H36ClFN2O. The van der Waals surface area contributed by atoms with E-state index in [2.05, 4.69) is 6.58 Å². The smallest absolute Gasteiger partial charge is 0.160 e. The van der Waals surface area contributed by atoms with E-state index in [1.807, 2.05) is 58.7 Å². The number of hydrogen-bond acceptors (Lipinski definition) is 3. The zero-order valence-corrected chi connectivity index (χ0v) is 20.6. The first kappa shape index (κ1) is 28.6. The Balaban J connectivity index is 0.00000212. The quantitative estimate of drug-likeness (QED) is 0.462. The van der Waals surface area contributed by atoms with E-state index < -0.39 is 5.82 Å². The number of rotatable bonds is 6. The molecule has 0 aromatic heterocycles. The molecule has 2 rings (SSSR count). The van der Waals surface area contributed by atoms with Gasteiger partial charge in [-0.15, -0.1) is 0 Å². The molecule has 31 heavy (non-hydrogen) atoms. The maximum atomic E-state index is 14.1. The number of hydrogen-bond donors (Lipinski definition) is 1. The van der Waals surface area contributed by atoms with E-state index in [0.29, 0.717) is 29.8 Å². The van der Waals surface area contributed by atoms with Crippen molar-refractivity contribution in [3.63, 3.8) is 0 Å². The molecule has 0 spiro atoms. The lowest BCUT2D eigenvalue weighted by Gasteiger charge is -2.30. The van der Waals surface area contributed by atoms with E-state index in [0.717, 1.165) is 16.8 Å². The normalized spacial score (nSPS) is 14.0. The SMILES string of the molecule is C=C1C=C(C(C)=O)C(C)=CN1/C(CCN)=C(C)/C=C/c1cccc(Cl)c1F.CC.CC. The van der Waals surface area contributed by atoms with Crippen LogP contribution in [0.2, 0.25) is 5.02 Å². The van der Waals surface area contributed by atoms with Crippen LogP contribution in [0.4, 0.5) is 4.39 Å². The molecule has 1 aromatic rings. The van der Waals surface area contributed by atoms with Crippen molar-refractivity contribution in [2.45, 2.75) is 54.9 Å². The Morgan fingerprint density at radius 3 is 2.39 bits per heavy atom. The molecule has 2 N–H and O–H groups in total. The Morgan fingerprint density at radius 1 is 1.23 bits per heavy atom. The first-order valence-electron chi connectivity index (χ1n) is 10.7. The molecule has 170 valence electrons. The third-order valence-electron chi connectivity index (χ3n) is 4.37. The highest BCUT2D eigenvalue weighted by Gasteiger charge is 2.19. The lowest BCUT2D eigenvalue weighted by molar-refractivity contribution is -0.113. The summed E-state index contributed by atoms with van der Waals surface area (Å²) in [5, 5.41) is 0.0887. The Morgan fingerprint density at radius 2 is 1.84 bits per heavy atom. The Labute approximate surface area is 192 Å². The Hall–Kier alpha value is -2.43. The summed E-state index contributed by atoms with van der Waals surface area (Å²) in [4.78, 5) is 13.7. The summed E-state index contributed by atoms with van der Waals surface area (Å²) in [6.45, 7) is 17.9. The lowest BCUT2D eigenvalue weighted by atomic mass is 9.99. The van der Waals surface area contributed by atoms with Crippen molar-refractivity contribution in [2.24, 2.45) is 5.73 Å². The molecule has 0 unspecified atom stereocenters. The van der Waals surface area contributed by atoms with E-state index >= 15 is 0 Å². The maximum Gasteiger partial charge on any atom is 0.160 e. The summed E-state index contributed by atoms with van der Waals surface area (Å²) >= 11 is 5.84. The molecule has 0 fully saturated rings. The second-order valence-electron chi connectivity index (χ2n) is 6.43. The first-order valence-corrected chi connectivity index (χ1v) is 11.1.